The molecule has 1 fully saturated rings. The smallest absolute Gasteiger partial charge is 0.133 e. The zero-order chi connectivity index (χ0) is 20.1. The molecule has 0 bridgehead atoms. The van der Waals surface area contributed by atoms with E-state index in [1.807, 2.05) is 36.4 Å². The lowest BCUT2D eigenvalue weighted by molar-refractivity contribution is 0.174. The first-order chi connectivity index (χ1) is 14.2. The van der Waals surface area contributed by atoms with E-state index in [9.17, 15) is 5.11 Å². The monoisotopic (exact) mass is 391 g/mol. The number of para-hydroxylation sites is 1. The second-order valence-electron chi connectivity index (χ2n) is 7.63. The first kappa shape index (κ1) is 19.7. The quantitative estimate of drug-likeness (QED) is 0.636. The van der Waals surface area contributed by atoms with Crippen LogP contribution >= 0.6 is 0 Å². The molecule has 1 atom stereocenters. The maximum atomic E-state index is 10.6. The molecular weight excluding hydrogens is 362 g/mol. The number of pyridine rings is 1. The summed E-state index contributed by atoms with van der Waals surface area (Å²) < 4.78 is 5.26. The number of fused-ring (bicyclic) bond motifs is 1. The highest BCUT2D eigenvalue weighted by Gasteiger charge is 2.17. The Morgan fingerprint density at radius 3 is 2.72 bits per heavy atom. The Bertz CT molecular complexity index is 954. The van der Waals surface area contributed by atoms with Crippen molar-refractivity contribution in [3.8, 4) is 5.75 Å². The van der Waals surface area contributed by atoms with Gasteiger partial charge in [-0.3, -0.25) is 0 Å². The van der Waals surface area contributed by atoms with Gasteiger partial charge in [-0.15, -0.1) is 0 Å². The average Bonchev–Trinajstić information content (AvgIpc) is 2.79. The van der Waals surface area contributed by atoms with Gasteiger partial charge in [0, 0.05) is 37.1 Å². The molecule has 1 saturated heterocycles. The number of aliphatic hydroxyl groups is 1. The Kier molecular flexibility index (Phi) is 6.27. The Morgan fingerprint density at radius 2 is 1.90 bits per heavy atom. The molecule has 1 unspecified atom stereocenters. The minimum atomic E-state index is -0.586. The third-order valence-electron chi connectivity index (χ3n) is 5.57. The molecule has 2 N–H and O–H groups in total. The summed E-state index contributed by atoms with van der Waals surface area (Å²) in [6, 6.07) is 18.1. The molecular formula is C24H29N3O2. The number of rotatable bonds is 7. The second-order valence-corrected chi connectivity index (χ2v) is 7.63. The SMILES string of the molecule is COc1cccc(C(O)CNCc2cc3ccccc3nc2N2CCCCC2)c1. The van der Waals surface area contributed by atoms with Gasteiger partial charge in [0.25, 0.3) is 0 Å². The Morgan fingerprint density at radius 1 is 1.07 bits per heavy atom. The summed E-state index contributed by atoms with van der Waals surface area (Å²) in [6.45, 7) is 3.26. The number of aliphatic hydroxyl groups excluding tert-OH is 1. The zero-order valence-corrected chi connectivity index (χ0v) is 17.0. The molecule has 5 heteroatoms. The third-order valence-corrected chi connectivity index (χ3v) is 5.57. The van der Waals surface area contributed by atoms with Gasteiger partial charge >= 0.3 is 0 Å². The van der Waals surface area contributed by atoms with Crippen molar-refractivity contribution in [2.24, 2.45) is 0 Å². The molecule has 2 heterocycles. The molecule has 5 nitrogen and oxygen atoms in total. The van der Waals surface area contributed by atoms with Crippen molar-refractivity contribution in [3.63, 3.8) is 0 Å². The van der Waals surface area contributed by atoms with Crippen LogP contribution in [0.1, 0.15) is 36.5 Å². The molecule has 1 aromatic heterocycles. The molecule has 0 saturated carbocycles. The number of piperidine rings is 1. The summed E-state index contributed by atoms with van der Waals surface area (Å²) in [7, 11) is 1.64. The first-order valence-electron chi connectivity index (χ1n) is 10.4. The van der Waals surface area contributed by atoms with Crippen LogP contribution in [0.2, 0.25) is 0 Å². The van der Waals surface area contributed by atoms with Crippen LogP contribution in [0.15, 0.2) is 54.6 Å². The van der Waals surface area contributed by atoms with Crippen LogP contribution in [-0.2, 0) is 6.54 Å². The van der Waals surface area contributed by atoms with E-state index in [2.05, 4.69) is 28.4 Å². The van der Waals surface area contributed by atoms with Crippen molar-refractivity contribution in [2.45, 2.75) is 31.9 Å². The number of nitrogens with zero attached hydrogens (tertiary/aromatic N) is 2. The van der Waals surface area contributed by atoms with E-state index in [1.165, 1.54) is 24.8 Å². The van der Waals surface area contributed by atoms with Crippen molar-refractivity contribution >= 4 is 16.7 Å². The molecule has 4 rings (SSSR count). The molecule has 0 aliphatic carbocycles. The predicted molar refractivity (Wildman–Crippen MR) is 117 cm³/mol. The number of methoxy groups -OCH3 is 1. The number of hydrogen-bond acceptors (Lipinski definition) is 5. The van der Waals surface area contributed by atoms with Crippen molar-refractivity contribution in [2.75, 3.05) is 31.6 Å². The summed E-state index contributed by atoms with van der Waals surface area (Å²) in [5, 5.41) is 15.1. The van der Waals surface area contributed by atoms with Gasteiger partial charge in [-0.25, -0.2) is 4.98 Å². The zero-order valence-electron chi connectivity index (χ0n) is 17.0. The predicted octanol–water partition coefficient (Wildman–Crippen LogP) is 4.06. The summed E-state index contributed by atoms with van der Waals surface area (Å²) in [5.41, 5.74) is 3.07. The number of hydrogen-bond donors (Lipinski definition) is 2. The van der Waals surface area contributed by atoms with Crippen molar-refractivity contribution < 1.29 is 9.84 Å². The number of anilines is 1. The van der Waals surface area contributed by atoms with E-state index in [0.29, 0.717) is 13.1 Å². The van der Waals surface area contributed by atoms with Crippen molar-refractivity contribution in [1.29, 1.82) is 0 Å². The molecule has 1 aliphatic rings. The Hall–Kier alpha value is -2.63. The molecule has 0 radical (unpaired) electrons. The van der Waals surface area contributed by atoms with Gasteiger partial charge in [0.2, 0.25) is 0 Å². The van der Waals surface area contributed by atoms with Gasteiger partial charge in [-0.2, -0.15) is 0 Å². The molecule has 29 heavy (non-hydrogen) atoms. The standard InChI is InChI=1S/C24H29N3O2/c1-29-21-10-7-9-19(15-21)23(28)17-25-16-20-14-18-8-3-4-11-22(18)26-24(20)27-12-5-2-6-13-27/h3-4,7-11,14-15,23,25,28H,2,5-6,12-13,16-17H2,1H3. The Labute approximate surface area is 172 Å². The fourth-order valence-electron chi connectivity index (χ4n) is 3.97. The molecule has 3 aromatic rings. The van der Waals surface area contributed by atoms with Crippen LogP contribution in [0.25, 0.3) is 10.9 Å². The van der Waals surface area contributed by atoms with Gasteiger partial charge < -0.3 is 20.1 Å². The molecule has 0 amide bonds. The van der Waals surface area contributed by atoms with Crippen molar-refractivity contribution in [3.05, 3.63) is 65.7 Å². The van der Waals surface area contributed by atoms with Crippen LogP contribution in [0.4, 0.5) is 5.82 Å². The van der Waals surface area contributed by atoms with E-state index in [0.717, 1.165) is 41.1 Å². The van der Waals surface area contributed by atoms with Crippen LogP contribution < -0.4 is 15.0 Å². The second kappa shape index (κ2) is 9.25. The van der Waals surface area contributed by atoms with Gasteiger partial charge in [0.15, 0.2) is 0 Å². The largest absolute Gasteiger partial charge is 0.497 e. The fourth-order valence-corrected chi connectivity index (χ4v) is 3.97. The topological polar surface area (TPSA) is 57.6 Å². The van der Waals surface area contributed by atoms with E-state index in [4.69, 9.17) is 9.72 Å². The maximum Gasteiger partial charge on any atom is 0.133 e. The number of aromatic nitrogens is 1. The summed E-state index contributed by atoms with van der Waals surface area (Å²) in [4.78, 5) is 7.39. The minimum absolute atomic E-state index is 0.472. The average molecular weight is 392 g/mol. The normalized spacial score (nSPS) is 15.4. The van der Waals surface area contributed by atoms with Gasteiger partial charge in [-0.05, 0) is 49.1 Å². The molecule has 152 valence electrons. The summed E-state index contributed by atoms with van der Waals surface area (Å²) in [6.07, 6.45) is 3.15. The van der Waals surface area contributed by atoms with Crippen LogP contribution in [-0.4, -0.2) is 36.8 Å². The lowest BCUT2D eigenvalue weighted by atomic mass is 10.1. The molecule has 1 aliphatic heterocycles. The van der Waals surface area contributed by atoms with E-state index >= 15 is 0 Å². The lowest BCUT2D eigenvalue weighted by Crippen LogP contribution is -2.32. The first-order valence-corrected chi connectivity index (χ1v) is 10.4. The highest BCUT2D eigenvalue weighted by atomic mass is 16.5. The van der Waals surface area contributed by atoms with E-state index in [-0.39, 0.29) is 0 Å². The number of nitrogens with one attached hydrogen (secondary N) is 1. The summed E-state index contributed by atoms with van der Waals surface area (Å²) in [5.74, 6) is 1.83. The number of ether oxygens (including phenoxy) is 1. The number of benzene rings is 2. The molecule has 0 spiro atoms. The van der Waals surface area contributed by atoms with Gasteiger partial charge in [0.1, 0.15) is 11.6 Å². The molecule has 2 aromatic carbocycles. The Balaban J connectivity index is 1.50. The van der Waals surface area contributed by atoms with Crippen LogP contribution in [0.5, 0.6) is 5.75 Å². The van der Waals surface area contributed by atoms with Crippen LogP contribution in [0, 0.1) is 0 Å². The lowest BCUT2D eigenvalue weighted by Gasteiger charge is -2.30. The third kappa shape index (κ3) is 4.69. The van der Waals surface area contributed by atoms with Gasteiger partial charge in [0.05, 0.1) is 18.7 Å². The van der Waals surface area contributed by atoms with Crippen LogP contribution in [0.3, 0.4) is 0 Å². The maximum absolute atomic E-state index is 10.6. The fraction of sp³-hybridized carbons (Fsp3) is 0.375. The summed E-state index contributed by atoms with van der Waals surface area (Å²) >= 11 is 0. The van der Waals surface area contributed by atoms with Crippen molar-refractivity contribution in [1.82, 2.24) is 10.3 Å². The van der Waals surface area contributed by atoms with E-state index in [1.54, 1.807) is 7.11 Å². The highest BCUT2D eigenvalue weighted by Crippen LogP contribution is 2.26. The highest BCUT2D eigenvalue weighted by molar-refractivity contribution is 5.81. The minimum Gasteiger partial charge on any atom is -0.497 e. The van der Waals surface area contributed by atoms with E-state index < -0.39 is 6.10 Å². The van der Waals surface area contributed by atoms with Gasteiger partial charge in [-0.1, -0.05) is 30.3 Å².